The van der Waals surface area contributed by atoms with Crippen LogP contribution in [-0.2, 0) is 19.3 Å². The van der Waals surface area contributed by atoms with Gasteiger partial charge in [-0.1, -0.05) is 39.0 Å². The standard InChI is InChI=1S/C18H22O2/c1-4-12-11-16(15-9-7-8-10-17(15)19)18(20)14(6-3)13(12)5-2/h7-11,19-20H,4-6H2,1-3H3. The third-order valence-electron chi connectivity index (χ3n) is 3.89. The zero-order valence-corrected chi connectivity index (χ0v) is 12.4. The lowest BCUT2D eigenvalue weighted by Crippen LogP contribution is -2.00. The maximum absolute atomic E-state index is 10.6. The zero-order chi connectivity index (χ0) is 14.7. The van der Waals surface area contributed by atoms with Gasteiger partial charge in [0, 0.05) is 11.1 Å². The van der Waals surface area contributed by atoms with Crippen LogP contribution in [0.1, 0.15) is 37.5 Å². The molecule has 0 amide bonds. The molecule has 0 spiro atoms. The first-order valence-electron chi connectivity index (χ1n) is 7.28. The van der Waals surface area contributed by atoms with Crippen molar-refractivity contribution in [2.75, 3.05) is 0 Å². The quantitative estimate of drug-likeness (QED) is 0.861. The van der Waals surface area contributed by atoms with E-state index >= 15 is 0 Å². The van der Waals surface area contributed by atoms with Gasteiger partial charge in [0.2, 0.25) is 0 Å². The van der Waals surface area contributed by atoms with Crippen LogP contribution in [0.15, 0.2) is 30.3 Å². The summed E-state index contributed by atoms with van der Waals surface area (Å²) >= 11 is 0. The van der Waals surface area contributed by atoms with E-state index in [4.69, 9.17) is 0 Å². The molecule has 0 bridgehead atoms. The Morgan fingerprint density at radius 2 is 1.45 bits per heavy atom. The SMILES string of the molecule is CCc1cc(-c2ccccc2O)c(O)c(CC)c1CC. The minimum absolute atomic E-state index is 0.205. The summed E-state index contributed by atoms with van der Waals surface area (Å²) in [5.41, 5.74) is 4.92. The third-order valence-corrected chi connectivity index (χ3v) is 3.89. The highest BCUT2D eigenvalue weighted by atomic mass is 16.3. The number of rotatable bonds is 4. The molecule has 0 fully saturated rings. The van der Waals surface area contributed by atoms with E-state index in [1.165, 1.54) is 11.1 Å². The van der Waals surface area contributed by atoms with Crippen LogP contribution in [0.4, 0.5) is 0 Å². The highest BCUT2D eigenvalue weighted by molar-refractivity contribution is 5.78. The summed E-state index contributed by atoms with van der Waals surface area (Å²) in [6, 6.07) is 9.17. The summed E-state index contributed by atoms with van der Waals surface area (Å²) in [5, 5.41) is 20.6. The zero-order valence-electron chi connectivity index (χ0n) is 12.4. The molecule has 2 N–H and O–H groups in total. The summed E-state index contributed by atoms with van der Waals surface area (Å²) in [4.78, 5) is 0. The molecule has 0 aliphatic carbocycles. The number of benzene rings is 2. The summed E-state index contributed by atoms with van der Waals surface area (Å²) in [7, 11) is 0. The number of phenolic OH excluding ortho intramolecular Hbond substituents is 2. The summed E-state index contributed by atoms with van der Waals surface area (Å²) in [5.74, 6) is 0.513. The van der Waals surface area contributed by atoms with Crippen LogP contribution in [-0.4, -0.2) is 10.2 Å². The molecule has 20 heavy (non-hydrogen) atoms. The van der Waals surface area contributed by atoms with Crippen molar-refractivity contribution in [3.8, 4) is 22.6 Å². The second-order valence-corrected chi connectivity index (χ2v) is 4.97. The molecule has 0 heterocycles. The van der Waals surface area contributed by atoms with Crippen LogP contribution in [0.25, 0.3) is 11.1 Å². The lowest BCUT2D eigenvalue weighted by Gasteiger charge is -2.18. The van der Waals surface area contributed by atoms with E-state index in [0.717, 1.165) is 30.4 Å². The predicted molar refractivity (Wildman–Crippen MR) is 83.3 cm³/mol. The van der Waals surface area contributed by atoms with E-state index in [-0.39, 0.29) is 5.75 Å². The van der Waals surface area contributed by atoms with Crippen LogP contribution in [0, 0.1) is 0 Å². The summed E-state index contributed by atoms with van der Waals surface area (Å²) < 4.78 is 0. The van der Waals surface area contributed by atoms with Gasteiger partial charge in [0.05, 0.1) is 0 Å². The van der Waals surface area contributed by atoms with Crippen LogP contribution >= 0.6 is 0 Å². The van der Waals surface area contributed by atoms with E-state index in [1.807, 2.05) is 18.2 Å². The van der Waals surface area contributed by atoms with E-state index in [9.17, 15) is 10.2 Å². The molecule has 2 heteroatoms. The largest absolute Gasteiger partial charge is 0.507 e. The molecule has 106 valence electrons. The lowest BCUT2D eigenvalue weighted by atomic mass is 9.89. The topological polar surface area (TPSA) is 40.5 Å². The Bertz CT molecular complexity index is 615. The van der Waals surface area contributed by atoms with E-state index in [0.29, 0.717) is 11.3 Å². The number of aryl methyl sites for hydroxylation is 1. The Labute approximate surface area is 120 Å². The molecule has 2 aromatic carbocycles. The molecule has 0 aliphatic rings. The normalized spacial score (nSPS) is 10.8. The van der Waals surface area contributed by atoms with Gasteiger partial charge in [-0.3, -0.25) is 0 Å². The maximum Gasteiger partial charge on any atom is 0.127 e. The molecular formula is C18H22O2. The number of hydrogen-bond acceptors (Lipinski definition) is 2. The van der Waals surface area contributed by atoms with E-state index < -0.39 is 0 Å². The Hall–Kier alpha value is -1.96. The van der Waals surface area contributed by atoms with Crippen molar-refractivity contribution in [3.05, 3.63) is 47.0 Å². The number of phenols is 2. The average Bonchev–Trinajstić information content (AvgIpc) is 2.47. The van der Waals surface area contributed by atoms with Gasteiger partial charge in [0.15, 0.2) is 0 Å². The van der Waals surface area contributed by atoms with Crippen molar-refractivity contribution >= 4 is 0 Å². The molecule has 2 nitrogen and oxygen atoms in total. The number of aromatic hydroxyl groups is 2. The van der Waals surface area contributed by atoms with Gasteiger partial charge in [-0.15, -0.1) is 0 Å². The van der Waals surface area contributed by atoms with Crippen molar-refractivity contribution in [2.45, 2.75) is 40.0 Å². The first-order chi connectivity index (χ1) is 9.63. The average molecular weight is 270 g/mol. The molecule has 2 rings (SSSR count). The fraction of sp³-hybridized carbons (Fsp3) is 0.333. The van der Waals surface area contributed by atoms with Gasteiger partial charge in [-0.2, -0.15) is 0 Å². The Morgan fingerprint density at radius 3 is 2.00 bits per heavy atom. The summed E-state index contributed by atoms with van der Waals surface area (Å²) in [6.45, 7) is 6.30. The van der Waals surface area contributed by atoms with Crippen molar-refractivity contribution in [1.82, 2.24) is 0 Å². The van der Waals surface area contributed by atoms with E-state index in [2.05, 4.69) is 20.8 Å². The van der Waals surface area contributed by atoms with Gasteiger partial charge >= 0.3 is 0 Å². The van der Waals surface area contributed by atoms with E-state index in [1.54, 1.807) is 12.1 Å². The molecule has 2 aromatic rings. The molecule has 0 saturated carbocycles. The molecule has 0 saturated heterocycles. The Kier molecular flexibility index (Phi) is 4.33. The van der Waals surface area contributed by atoms with Gasteiger partial charge in [0.1, 0.15) is 11.5 Å². The fourth-order valence-corrected chi connectivity index (χ4v) is 2.87. The van der Waals surface area contributed by atoms with Crippen LogP contribution < -0.4 is 0 Å². The van der Waals surface area contributed by atoms with Gasteiger partial charge in [-0.05, 0) is 48.1 Å². The maximum atomic E-state index is 10.6. The Balaban J connectivity index is 2.75. The smallest absolute Gasteiger partial charge is 0.127 e. The molecular weight excluding hydrogens is 248 g/mol. The summed E-state index contributed by atoms with van der Waals surface area (Å²) in [6.07, 6.45) is 2.64. The van der Waals surface area contributed by atoms with Crippen LogP contribution in [0.2, 0.25) is 0 Å². The first-order valence-corrected chi connectivity index (χ1v) is 7.28. The van der Waals surface area contributed by atoms with Gasteiger partial charge < -0.3 is 10.2 Å². The molecule has 0 radical (unpaired) electrons. The third kappa shape index (κ3) is 2.38. The second kappa shape index (κ2) is 6.00. The minimum atomic E-state index is 0.205. The van der Waals surface area contributed by atoms with Crippen LogP contribution in [0.5, 0.6) is 11.5 Å². The van der Waals surface area contributed by atoms with Crippen molar-refractivity contribution in [1.29, 1.82) is 0 Å². The van der Waals surface area contributed by atoms with Crippen molar-refractivity contribution in [2.24, 2.45) is 0 Å². The van der Waals surface area contributed by atoms with Crippen molar-refractivity contribution < 1.29 is 10.2 Å². The highest BCUT2D eigenvalue weighted by Crippen LogP contribution is 2.40. The minimum Gasteiger partial charge on any atom is -0.507 e. The number of para-hydroxylation sites is 1. The lowest BCUT2D eigenvalue weighted by molar-refractivity contribution is 0.464. The monoisotopic (exact) mass is 270 g/mol. The fourth-order valence-electron chi connectivity index (χ4n) is 2.87. The molecule has 0 unspecified atom stereocenters. The molecule has 0 aliphatic heterocycles. The second-order valence-electron chi connectivity index (χ2n) is 4.97. The Morgan fingerprint density at radius 1 is 0.800 bits per heavy atom. The van der Waals surface area contributed by atoms with Gasteiger partial charge in [-0.25, -0.2) is 0 Å². The highest BCUT2D eigenvalue weighted by Gasteiger charge is 2.17. The molecule has 0 atom stereocenters. The van der Waals surface area contributed by atoms with Gasteiger partial charge in [0.25, 0.3) is 0 Å². The van der Waals surface area contributed by atoms with Crippen LogP contribution in [0.3, 0.4) is 0 Å². The van der Waals surface area contributed by atoms with Crippen molar-refractivity contribution in [3.63, 3.8) is 0 Å². The number of hydrogen-bond donors (Lipinski definition) is 2. The predicted octanol–water partition coefficient (Wildman–Crippen LogP) is 4.45. The first kappa shape index (κ1) is 14.4. The molecule has 0 aromatic heterocycles.